The van der Waals surface area contributed by atoms with Gasteiger partial charge >= 0.3 is 0 Å². The summed E-state index contributed by atoms with van der Waals surface area (Å²) in [5.74, 6) is 3.20. The lowest BCUT2D eigenvalue weighted by atomic mass is 9.84. The maximum atomic E-state index is 6.16. The lowest BCUT2D eigenvalue weighted by molar-refractivity contribution is 0.0595. The van der Waals surface area contributed by atoms with Gasteiger partial charge in [-0.05, 0) is 50.6 Å². The predicted octanol–water partition coefficient (Wildman–Crippen LogP) is 2.35. The summed E-state index contributed by atoms with van der Waals surface area (Å²) in [7, 11) is 2.13. The minimum absolute atomic E-state index is 0.270. The minimum Gasteiger partial charge on any atom is -0.468 e. The summed E-state index contributed by atoms with van der Waals surface area (Å²) in [6.07, 6.45) is 3.16. The molecule has 0 bridgehead atoms. The Morgan fingerprint density at radius 1 is 1.28 bits per heavy atom. The number of nitrogens with zero attached hydrogens (tertiary/aromatic N) is 4. The number of furan rings is 1. The maximum absolute atomic E-state index is 6.16. The normalized spacial score (nSPS) is 26.2. The molecule has 0 N–H and O–H groups in total. The molecule has 2 aromatic heterocycles. The zero-order valence-corrected chi connectivity index (χ0v) is 15.0. The molecule has 2 aliphatic heterocycles. The van der Waals surface area contributed by atoms with E-state index in [0.717, 1.165) is 50.1 Å². The molecule has 0 amide bonds. The summed E-state index contributed by atoms with van der Waals surface area (Å²) < 4.78 is 11.6. The van der Waals surface area contributed by atoms with E-state index in [1.54, 1.807) is 6.26 Å². The molecule has 0 saturated carbocycles. The molecule has 6 heteroatoms. The number of rotatable bonds is 5. The number of piperidine rings is 1. The van der Waals surface area contributed by atoms with E-state index in [2.05, 4.69) is 33.1 Å². The van der Waals surface area contributed by atoms with E-state index in [0.29, 0.717) is 11.8 Å². The van der Waals surface area contributed by atoms with Gasteiger partial charge in [0.15, 0.2) is 5.82 Å². The lowest BCUT2D eigenvalue weighted by Gasteiger charge is -2.37. The van der Waals surface area contributed by atoms with Crippen LogP contribution in [0.15, 0.2) is 34.9 Å². The highest BCUT2D eigenvalue weighted by molar-refractivity contribution is 5.38. The second-order valence-corrected chi connectivity index (χ2v) is 7.34. The van der Waals surface area contributed by atoms with E-state index in [-0.39, 0.29) is 6.10 Å². The SMILES string of the molecule is Cc1ccc(N2CC[C@@H]3CO[C@@H](CN(C)Cc4ccco4)[C@@H]3C2)nn1. The number of aromatic nitrogens is 2. The molecule has 0 unspecified atom stereocenters. The monoisotopic (exact) mass is 342 g/mol. The first-order chi connectivity index (χ1) is 12.2. The van der Waals surface area contributed by atoms with Crippen LogP contribution >= 0.6 is 0 Å². The van der Waals surface area contributed by atoms with Gasteiger partial charge in [0.05, 0.1) is 31.2 Å². The van der Waals surface area contributed by atoms with Crippen LogP contribution in [0.5, 0.6) is 0 Å². The van der Waals surface area contributed by atoms with Crippen LogP contribution in [0.4, 0.5) is 5.82 Å². The number of fused-ring (bicyclic) bond motifs is 1. The fraction of sp³-hybridized carbons (Fsp3) is 0.579. The molecule has 4 rings (SSSR count). The van der Waals surface area contributed by atoms with Gasteiger partial charge in [0.1, 0.15) is 5.76 Å². The molecule has 6 nitrogen and oxygen atoms in total. The van der Waals surface area contributed by atoms with Crippen LogP contribution in [-0.4, -0.2) is 54.5 Å². The van der Waals surface area contributed by atoms with Gasteiger partial charge in [-0.1, -0.05) is 0 Å². The molecule has 25 heavy (non-hydrogen) atoms. The highest BCUT2D eigenvalue weighted by Crippen LogP contribution is 2.35. The van der Waals surface area contributed by atoms with Crippen molar-refractivity contribution in [2.24, 2.45) is 11.8 Å². The smallest absolute Gasteiger partial charge is 0.151 e. The molecule has 0 aromatic carbocycles. The minimum atomic E-state index is 0.270. The van der Waals surface area contributed by atoms with Crippen LogP contribution in [0, 0.1) is 18.8 Å². The lowest BCUT2D eigenvalue weighted by Crippen LogP contribution is -2.45. The summed E-state index contributed by atoms with van der Waals surface area (Å²) in [5, 5.41) is 8.57. The molecular formula is C19H26N4O2. The third-order valence-corrected chi connectivity index (χ3v) is 5.41. The Morgan fingerprint density at radius 3 is 2.96 bits per heavy atom. The summed E-state index contributed by atoms with van der Waals surface area (Å²) >= 11 is 0. The van der Waals surface area contributed by atoms with Crippen molar-refractivity contribution in [1.29, 1.82) is 0 Å². The van der Waals surface area contributed by atoms with Gasteiger partial charge in [0.25, 0.3) is 0 Å². The summed E-state index contributed by atoms with van der Waals surface area (Å²) in [4.78, 5) is 4.65. The zero-order valence-electron chi connectivity index (χ0n) is 15.0. The largest absolute Gasteiger partial charge is 0.468 e. The number of likely N-dealkylation sites (N-methyl/N-ethyl adjacent to an activating group) is 1. The van der Waals surface area contributed by atoms with Crippen molar-refractivity contribution in [2.45, 2.75) is 26.0 Å². The second kappa shape index (κ2) is 7.14. The van der Waals surface area contributed by atoms with Crippen molar-refractivity contribution in [3.63, 3.8) is 0 Å². The molecule has 2 fully saturated rings. The highest BCUT2D eigenvalue weighted by atomic mass is 16.5. The Morgan fingerprint density at radius 2 is 2.20 bits per heavy atom. The third kappa shape index (κ3) is 3.70. The second-order valence-electron chi connectivity index (χ2n) is 7.34. The average molecular weight is 342 g/mol. The standard InChI is InChI=1S/C19H26N4O2/c1-14-5-6-19(21-20-14)23-8-7-15-13-25-18(17(15)11-23)12-22(2)10-16-4-3-9-24-16/h3-6,9,15,17-18H,7-8,10-13H2,1-2H3/t15-,17-,18+/m1/s1. The Balaban J connectivity index is 1.38. The highest BCUT2D eigenvalue weighted by Gasteiger charge is 2.41. The predicted molar refractivity (Wildman–Crippen MR) is 95.4 cm³/mol. The first-order valence-electron chi connectivity index (χ1n) is 9.07. The third-order valence-electron chi connectivity index (χ3n) is 5.41. The van der Waals surface area contributed by atoms with E-state index < -0.39 is 0 Å². The Hall–Kier alpha value is -1.92. The Bertz CT molecular complexity index is 673. The van der Waals surface area contributed by atoms with Crippen LogP contribution < -0.4 is 4.90 Å². The summed E-state index contributed by atoms with van der Waals surface area (Å²) in [5.41, 5.74) is 0.959. The molecule has 0 aliphatic carbocycles. The maximum Gasteiger partial charge on any atom is 0.151 e. The van der Waals surface area contributed by atoms with Crippen molar-refractivity contribution in [2.75, 3.05) is 38.2 Å². The number of aryl methyl sites for hydroxylation is 1. The van der Waals surface area contributed by atoms with Gasteiger partial charge in [0.2, 0.25) is 0 Å². The van der Waals surface area contributed by atoms with Crippen molar-refractivity contribution in [3.8, 4) is 0 Å². The molecule has 134 valence electrons. The van der Waals surface area contributed by atoms with Crippen molar-refractivity contribution in [1.82, 2.24) is 15.1 Å². The van der Waals surface area contributed by atoms with Gasteiger partial charge < -0.3 is 14.1 Å². The number of anilines is 1. The fourth-order valence-electron chi connectivity index (χ4n) is 4.03. The topological polar surface area (TPSA) is 54.6 Å². The summed E-state index contributed by atoms with van der Waals surface area (Å²) in [6.45, 7) is 6.64. The Labute approximate surface area is 148 Å². The Kier molecular flexibility index (Phi) is 4.72. The van der Waals surface area contributed by atoms with Crippen LogP contribution in [0.2, 0.25) is 0 Å². The van der Waals surface area contributed by atoms with Crippen molar-refractivity contribution in [3.05, 3.63) is 42.0 Å². The molecule has 2 aliphatic rings. The van der Waals surface area contributed by atoms with Crippen LogP contribution in [0.3, 0.4) is 0 Å². The van der Waals surface area contributed by atoms with Crippen molar-refractivity contribution < 1.29 is 9.15 Å². The number of hydrogen-bond donors (Lipinski definition) is 0. The number of ether oxygens (including phenoxy) is 1. The molecule has 0 spiro atoms. The van der Waals surface area contributed by atoms with E-state index in [1.807, 2.05) is 25.1 Å². The van der Waals surface area contributed by atoms with Gasteiger partial charge in [-0.15, -0.1) is 5.10 Å². The quantitative estimate of drug-likeness (QED) is 0.831. The van der Waals surface area contributed by atoms with Gasteiger partial charge in [-0.25, -0.2) is 0 Å². The van der Waals surface area contributed by atoms with Gasteiger partial charge in [-0.3, -0.25) is 4.90 Å². The van der Waals surface area contributed by atoms with E-state index in [4.69, 9.17) is 9.15 Å². The zero-order chi connectivity index (χ0) is 17.2. The molecule has 4 heterocycles. The molecule has 3 atom stereocenters. The fourth-order valence-corrected chi connectivity index (χ4v) is 4.03. The summed E-state index contributed by atoms with van der Waals surface area (Å²) in [6, 6.07) is 8.07. The van der Waals surface area contributed by atoms with Gasteiger partial charge in [0, 0.05) is 25.6 Å². The first-order valence-corrected chi connectivity index (χ1v) is 9.07. The van der Waals surface area contributed by atoms with Crippen molar-refractivity contribution >= 4 is 5.82 Å². The van der Waals surface area contributed by atoms with Crippen LogP contribution in [0.25, 0.3) is 0 Å². The average Bonchev–Trinajstić information content (AvgIpc) is 3.25. The molecule has 2 aromatic rings. The molecule has 0 radical (unpaired) electrons. The van der Waals surface area contributed by atoms with E-state index in [9.17, 15) is 0 Å². The van der Waals surface area contributed by atoms with Crippen LogP contribution in [0.1, 0.15) is 17.9 Å². The van der Waals surface area contributed by atoms with E-state index >= 15 is 0 Å². The molecule has 2 saturated heterocycles. The number of hydrogen-bond acceptors (Lipinski definition) is 6. The molecular weight excluding hydrogens is 316 g/mol. The van der Waals surface area contributed by atoms with Crippen LogP contribution in [-0.2, 0) is 11.3 Å². The van der Waals surface area contributed by atoms with E-state index in [1.165, 1.54) is 6.42 Å². The first kappa shape index (κ1) is 16.5. The van der Waals surface area contributed by atoms with Gasteiger partial charge in [-0.2, -0.15) is 5.10 Å².